The van der Waals surface area contributed by atoms with Gasteiger partial charge in [-0.2, -0.15) is 0 Å². The van der Waals surface area contributed by atoms with Crippen LogP contribution in [0.3, 0.4) is 0 Å². The first kappa shape index (κ1) is 10.8. The molecule has 0 fully saturated rings. The molecule has 1 aromatic carbocycles. The quantitative estimate of drug-likeness (QED) is 0.714. The number of carbonyl (C=O) groups is 2. The van der Waals surface area contributed by atoms with E-state index in [0.29, 0.717) is 11.3 Å². The van der Waals surface area contributed by atoms with Gasteiger partial charge in [-0.1, -0.05) is 12.1 Å². The van der Waals surface area contributed by atoms with E-state index in [1.54, 1.807) is 13.0 Å². The molecule has 1 aromatic rings. The Morgan fingerprint density at radius 1 is 1.19 bits per heavy atom. The number of aryl methyl sites for hydroxylation is 2. The average molecular weight is 221 g/mol. The molecule has 16 heavy (non-hydrogen) atoms. The highest BCUT2D eigenvalue weighted by molar-refractivity contribution is 6.52. The minimum absolute atomic E-state index is 0.0537. The Hall–Kier alpha value is -1.71. The van der Waals surface area contributed by atoms with Gasteiger partial charge < -0.3 is 4.90 Å². The van der Waals surface area contributed by atoms with E-state index in [4.69, 9.17) is 0 Å². The number of alkyl halides is 1. The van der Waals surface area contributed by atoms with E-state index in [0.717, 1.165) is 11.1 Å². The number of anilines is 1. The van der Waals surface area contributed by atoms with E-state index in [9.17, 15) is 14.0 Å². The lowest BCUT2D eigenvalue weighted by Crippen LogP contribution is -2.31. The largest absolute Gasteiger partial charge is 0.302 e. The Balaban J connectivity index is 2.64. The van der Waals surface area contributed by atoms with Gasteiger partial charge in [-0.05, 0) is 25.0 Å². The van der Waals surface area contributed by atoms with Gasteiger partial charge in [-0.25, -0.2) is 4.39 Å². The molecule has 0 N–H and O–H groups in total. The predicted molar refractivity (Wildman–Crippen MR) is 58.6 cm³/mol. The number of nitrogens with zero attached hydrogens (tertiary/aromatic N) is 1. The van der Waals surface area contributed by atoms with E-state index >= 15 is 0 Å². The second-order valence-corrected chi connectivity index (χ2v) is 3.90. The molecule has 0 aliphatic carbocycles. The first-order valence-corrected chi connectivity index (χ1v) is 5.10. The van der Waals surface area contributed by atoms with Crippen LogP contribution in [0.15, 0.2) is 12.1 Å². The molecule has 0 atom stereocenters. The standard InChI is InChI=1S/C12H12FNO2/c1-7-3-4-8(2)10-9(7)11(15)12(16)14(10)6-5-13/h3-4H,5-6H2,1-2H3. The number of amides is 1. The lowest BCUT2D eigenvalue weighted by atomic mass is 10.0. The average Bonchev–Trinajstić information content (AvgIpc) is 2.50. The summed E-state index contributed by atoms with van der Waals surface area (Å²) < 4.78 is 12.4. The third kappa shape index (κ3) is 1.33. The zero-order valence-electron chi connectivity index (χ0n) is 9.21. The molecule has 4 heteroatoms. The SMILES string of the molecule is Cc1ccc(C)c2c1C(=O)C(=O)N2CCF. The third-order valence-corrected chi connectivity index (χ3v) is 2.83. The molecule has 1 amide bonds. The maximum atomic E-state index is 12.4. The molecule has 2 rings (SSSR count). The van der Waals surface area contributed by atoms with Crippen molar-refractivity contribution in [1.29, 1.82) is 0 Å². The lowest BCUT2D eigenvalue weighted by molar-refractivity contribution is -0.114. The molecule has 0 saturated carbocycles. The molecule has 0 unspecified atom stereocenters. The van der Waals surface area contributed by atoms with E-state index in [2.05, 4.69) is 0 Å². The number of fused-ring (bicyclic) bond motifs is 1. The summed E-state index contributed by atoms with van der Waals surface area (Å²) in [5.74, 6) is -1.14. The number of Topliss-reactive ketones (excluding diaryl/α,β-unsaturated/α-hetero) is 1. The van der Waals surface area contributed by atoms with Crippen molar-refractivity contribution in [3.63, 3.8) is 0 Å². The van der Waals surface area contributed by atoms with Gasteiger partial charge >= 0.3 is 0 Å². The maximum Gasteiger partial charge on any atom is 0.299 e. The summed E-state index contributed by atoms with van der Waals surface area (Å²) in [6.45, 7) is 2.89. The zero-order valence-corrected chi connectivity index (χ0v) is 9.21. The first-order chi connectivity index (χ1) is 7.57. The highest BCUT2D eigenvalue weighted by Gasteiger charge is 2.37. The summed E-state index contributed by atoms with van der Waals surface area (Å²) in [5, 5.41) is 0. The highest BCUT2D eigenvalue weighted by Crippen LogP contribution is 2.34. The molecule has 0 saturated heterocycles. The van der Waals surface area contributed by atoms with Crippen LogP contribution in [0.1, 0.15) is 21.5 Å². The molecule has 1 heterocycles. The van der Waals surface area contributed by atoms with Crippen molar-refractivity contribution in [2.75, 3.05) is 18.1 Å². The summed E-state index contributed by atoms with van der Waals surface area (Å²) in [6.07, 6.45) is 0. The van der Waals surface area contributed by atoms with E-state index < -0.39 is 18.4 Å². The Kier molecular flexibility index (Phi) is 2.50. The van der Waals surface area contributed by atoms with Gasteiger partial charge in [0.05, 0.1) is 17.8 Å². The fourth-order valence-corrected chi connectivity index (χ4v) is 2.06. The fraction of sp³-hybridized carbons (Fsp3) is 0.333. The van der Waals surface area contributed by atoms with Gasteiger partial charge in [0.15, 0.2) is 0 Å². The van der Waals surface area contributed by atoms with Crippen molar-refractivity contribution in [3.8, 4) is 0 Å². The monoisotopic (exact) mass is 221 g/mol. The summed E-state index contributed by atoms with van der Waals surface area (Å²) in [4.78, 5) is 24.6. The van der Waals surface area contributed by atoms with Crippen LogP contribution >= 0.6 is 0 Å². The van der Waals surface area contributed by atoms with Crippen molar-refractivity contribution in [2.24, 2.45) is 0 Å². The number of rotatable bonds is 2. The second-order valence-electron chi connectivity index (χ2n) is 3.90. The van der Waals surface area contributed by atoms with Crippen LogP contribution in [0.5, 0.6) is 0 Å². The molecular weight excluding hydrogens is 209 g/mol. The van der Waals surface area contributed by atoms with Gasteiger partial charge in [-0.3, -0.25) is 9.59 Å². The maximum absolute atomic E-state index is 12.4. The third-order valence-electron chi connectivity index (χ3n) is 2.83. The molecule has 0 spiro atoms. The number of halogens is 1. The van der Waals surface area contributed by atoms with Crippen molar-refractivity contribution in [3.05, 3.63) is 28.8 Å². The minimum atomic E-state index is -0.647. The summed E-state index contributed by atoms with van der Waals surface area (Å²) in [5.41, 5.74) is 2.60. The van der Waals surface area contributed by atoms with Gasteiger partial charge in [0, 0.05) is 0 Å². The Morgan fingerprint density at radius 2 is 1.81 bits per heavy atom. The summed E-state index contributed by atoms with van der Waals surface area (Å²) in [6, 6.07) is 3.64. The lowest BCUT2D eigenvalue weighted by Gasteiger charge is -2.16. The molecule has 84 valence electrons. The Labute approximate surface area is 92.9 Å². The smallest absolute Gasteiger partial charge is 0.299 e. The highest BCUT2D eigenvalue weighted by atomic mass is 19.1. The van der Waals surface area contributed by atoms with Crippen LogP contribution in [0.4, 0.5) is 10.1 Å². The summed E-state index contributed by atoms with van der Waals surface area (Å²) in [7, 11) is 0. The van der Waals surface area contributed by atoms with Crippen LogP contribution in [0, 0.1) is 13.8 Å². The molecule has 1 aliphatic rings. The van der Waals surface area contributed by atoms with Gasteiger partial charge in [0.25, 0.3) is 11.7 Å². The van der Waals surface area contributed by atoms with Crippen LogP contribution in [-0.4, -0.2) is 24.9 Å². The first-order valence-electron chi connectivity index (χ1n) is 5.10. The van der Waals surface area contributed by atoms with Crippen LogP contribution in [0.25, 0.3) is 0 Å². The van der Waals surface area contributed by atoms with Gasteiger partial charge in [0.1, 0.15) is 6.67 Å². The fourth-order valence-electron chi connectivity index (χ4n) is 2.06. The van der Waals surface area contributed by atoms with Gasteiger partial charge in [0.2, 0.25) is 0 Å². The van der Waals surface area contributed by atoms with Gasteiger partial charge in [-0.15, -0.1) is 0 Å². The molecule has 3 nitrogen and oxygen atoms in total. The van der Waals surface area contributed by atoms with E-state index in [1.807, 2.05) is 13.0 Å². The summed E-state index contributed by atoms with van der Waals surface area (Å²) >= 11 is 0. The van der Waals surface area contributed by atoms with Crippen molar-refractivity contribution >= 4 is 17.4 Å². The molecule has 1 aliphatic heterocycles. The van der Waals surface area contributed by atoms with Crippen molar-refractivity contribution in [2.45, 2.75) is 13.8 Å². The van der Waals surface area contributed by atoms with Crippen LogP contribution < -0.4 is 4.90 Å². The van der Waals surface area contributed by atoms with Crippen LogP contribution in [-0.2, 0) is 4.79 Å². The predicted octanol–water partition coefficient (Wildman–Crippen LogP) is 1.80. The normalized spacial score (nSPS) is 14.6. The molecule has 0 bridgehead atoms. The van der Waals surface area contributed by atoms with Crippen LogP contribution in [0.2, 0.25) is 0 Å². The number of hydrogen-bond acceptors (Lipinski definition) is 2. The molecule has 0 radical (unpaired) electrons. The minimum Gasteiger partial charge on any atom is -0.302 e. The number of ketones is 1. The topological polar surface area (TPSA) is 37.4 Å². The van der Waals surface area contributed by atoms with Crippen molar-refractivity contribution in [1.82, 2.24) is 0 Å². The second kappa shape index (κ2) is 3.70. The number of carbonyl (C=O) groups excluding carboxylic acids is 2. The molecular formula is C12H12FNO2. The Bertz CT molecular complexity index is 482. The number of hydrogen-bond donors (Lipinski definition) is 0. The number of benzene rings is 1. The zero-order chi connectivity index (χ0) is 11.9. The van der Waals surface area contributed by atoms with Crippen molar-refractivity contribution < 1.29 is 14.0 Å². The Morgan fingerprint density at radius 3 is 2.44 bits per heavy atom. The molecule has 0 aromatic heterocycles. The van der Waals surface area contributed by atoms with E-state index in [1.165, 1.54) is 4.90 Å². The van der Waals surface area contributed by atoms with E-state index in [-0.39, 0.29) is 6.54 Å².